The van der Waals surface area contributed by atoms with Crippen LogP contribution in [0.15, 0.2) is 28.0 Å². The SMILES string of the molecule is CCc1cc(S(=O)(=O)Cl)cc(S(=O)(=O)Cl)c1. The van der Waals surface area contributed by atoms with Crippen molar-refractivity contribution in [1.29, 1.82) is 0 Å². The van der Waals surface area contributed by atoms with Gasteiger partial charge >= 0.3 is 0 Å². The van der Waals surface area contributed by atoms with Gasteiger partial charge in [0.25, 0.3) is 18.1 Å². The van der Waals surface area contributed by atoms with Gasteiger partial charge in [-0.25, -0.2) is 16.8 Å². The van der Waals surface area contributed by atoms with Crippen molar-refractivity contribution in [2.75, 3.05) is 0 Å². The molecule has 0 amide bonds. The van der Waals surface area contributed by atoms with Crippen molar-refractivity contribution in [1.82, 2.24) is 0 Å². The molecule has 4 nitrogen and oxygen atoms in total. The lowest BCUT2D eigenvalue weighted by Crippen LogP contribution is -1.98. The third-order valence-corrected chi connectivity index (χ3v) is 4.58. The van der Waals surface area contributed by atoms with E-state index >= 15 is 0 Å². The molecule has 0 aromatic heterocycles. The second-order valence-corrected chi connectivity index (χ2v) is 8.17. The van der Waals surface area contributed by atoms with Gasteiger partial charge in [-0.3, -0.25) is 0 Å². The van der Waals surface area contributed by atoms with Crippen LogP contribution in [0.5, 0.6) is 0 Å². The summed E-state index contributed by atoms with van der Waals surface area (Å²) in [5, 5.41) is 0. The number of rotatable bonds is 3. The van der Waals surface area contributed by atoms with E-state index in [1.807, 2.05) is 0 Å². The summed E-state index contributed by atoms with van der Waals surface area (Å²) >= 11 is 0. The van der Waals surface area contributed by atoms with E-state index in [1.165, 1.54) is 12.1 Å². The summed E-state index contributed by atoms with van der Waals surface area (Å²) in [4.78, 5) is -0.541. The molecular formula is C8H8Cl2O4S2. The third kappa shape index (κ3) is 3.35. The molecule has 0 saturated carbocycles. The number of hydrogen-bond acceptors (Lipinski definition) is 4. The summed E-state index contributed by atoms with van der Waals surface area (Å²) in [6, 6.07) is 3.56. The highest BCUT2D eigenvalue weighted by molar-refractivity contribution is 8.14. The maximum Gasteiger partial charge on any atom is 0.261 e. The van der Waals surface area contributed by atoms with E-state index in [2.05, 4.69) is 0 Å². The second-order valence-electron chi connectivity index (χ2n) is 3.04. The first-order valence-corrected chi connectivity index (χ1v) is 8.79. The molecule has 90 valence electrons. The summed E-state index contributed by atoms with van der Waals surface area (Å²) in [6.07, 6.45) is 0.472. The molecule has 1 aromatic carbocycles. The lowest BCUT2D eigenvalue weighted by atomic mass is 10.2. The minimum Gasteiger partial charge on any atom is -0.207 e. The molecule has 0 bridgehead atoms. The van der Waals surface area contributed by atoms with Crippen molar-refractivity contribution < 1.29 is 16.8 Å². The Labute approximate surface area is 103 Å². The molecule has 0 heterocycles. The zero-order chi connectivity index (χ0) is 12.6. The van der Waals surface area contributed by atoms with Gasteiger partial charge in [-0.05, 0) is 30.2 Å². The lowest BCUT2D eigenvalue weighted by molar-refractivity contribution is 0.607. The lowest BCUT2D eigenvalue weighted by Gasteiger charge is -2.04. The van der Waals surface area contributed by atoms with Crippen LogP contribution < -0.4 is 0 Å². The zero-order valence-electron chi connectivity index (χ0n) is 8.14. The minimum absolute atomic E-state index is 0.271. The molecular weight excluding hydrogens is 295 g/mol. The average molecular weight is 303 g/mol. The summed E-state index contributed by atoms with van der Waals surface area (Å²) in [6.45, 7) is 1.75. The molecule has 1 rings (SSSR count). The topological polar surface area (TPSA) is 68.3 Å². The average Bonchev–Trinajstić information content (AvgIpc) is 2.14. The van der Waals surface area contributed by atoms with Crippen LogP contribution in [0.3, 0.4) is 0 Å². The van der Waals surface area contributed by atoms with Crippen molar-refractivity contribution in [2.24, 2.45) is 0 Å². The Morgan fingerprint density at radius 2 is 1.31 bits per heavy atom. The number of benzene rings is 1. The first-order chi connectivity index (χ1) is 7.14. The largest absolute Gasteiger partial charge is 0.261 e. The van der Waals surface area contributed by atoms with Crippen LogP contribution in [0.4, 0.5) is 0 Å². The predicted molar refractivity (Wildman–Crippen MR) is 61.9 cm³/mol. The van der Waals surface area contributed by atoms with E-state index in [0.29, 0.717) is 12.0 Å². The van der Waals surface area contributed by atoms with Crippen LogP contribution in [-0.4, -0.2) is 16.8 Å². The monoisotopic (exact) mass is 302 g/mol. The van der Waals surface area contributed by atoms with Gasteiger partial charge in [-0.1, -0.05) is 6.92 Å². The van der Waals surface area contributed by atoms with E-state index in [0.717, 1.165) is 6.07 Å². The van der Waals surface area contributed by atoms with Crippen LogP contribution >= 0.6 is 21.4 Å². The molecule has 0 spiro atoms. The fourth-order valence-corrected chi connectivity index (χ4v) is 2.85. The molecule has 0 radical (unpaired) electrons. The van der Waals surface area contributed by atoms with E-state index in [-0.39, 0.29) is 9.79 Å². The molecule has 0 aliphatic rings. The van der Waals surface area contributed by atoms with Crippen molar-refractivity contribution >= 4 is 39.5 Å². The number of halogens is 2. The Morgan fingerprint density at radius 1 is 0.938 bits per heavy atom. The van der Waals surface area contributed by atoms with E-state index < -0.39 is 18.1 Å². The van der Waals surface area contributed by atoms with Gasteiger partial charge in [-0.2, -0.15) is 0 Å². The molecule has 0 saturated heterocycles. The Bertz CT molecular complexity index is 555. The molecule has 0 aliphatic heterocycles. The number of hydrogen-bond donors (Lipinski definition) is 0. The van der Waals surface area contributed by atoms with Crippen molar-refractivity contribution in [2.45, 2.75) is 23.1 Å². The predicted octanol–water partition coefficient (Wildman–Crippen LogP) is 2.10. The Morgan fingerprint density at radius 3 is 1.56 bits per heavy atom. The summed E-state index contributed by atoms with van der Waals surface area (Å²) < 4.78 is 44.4. The highest BCUT2D eigenvalue weighted by atomic mass is 35.7. The third-order valence-electron chi connectivity index (χ3n) is 1.91. The van der Waals surface area contributed by atoms with Crippen LogP contribution in [0, 0.1) is 0 Å². The molecule has 16 heavy (non-hydrogen) atoms. The maximum atomic E-state index is 11.1. The standard InChI is InChI=1S/C8H8Cl2O4S2/c1-2-6-3-7(15(9,11)12)5-8(4-6)16(10,13)14/h3-5H,2H2,1H3. The van der Waals surface area contributed by atoms with E-state index in [4.69, 9.17) is 21.4 Å². The first kappa shape index (κ1) is 13.8. The van der Waals surface area contributed by atoms with Crippen molar-refractivity contribution in [3.05, 3.63) is 23.8 Å². The highest BCUT2D eigenvalue weighted by Gasteiger charge is 2.17. The van der Waals surface area contributed by atoms with Gasteiger partial charge in [0.2, 0.25) is 0 Å². The fourth-order valence-electron chi connectivity index (χ4n) is 1.12. The quantitative estimate of drug-likeness (QED) is 0.802. The molecule has 0 aliphatic carbocycles. The summed E-state index contributed by atoms with van der Waals surface area (Å²) in [7, 11) is 2.35. The van der Waals surface area contributed by atoms with Gasteiger partial charge < -0.3 is 0 Å². The van der Waals surface area contributed by atoms with Crippen LogP contribution in [0.2, 0.25) is 0 Å². The van der Waals surface area contributed by atoms with Gasteiger partial charge in [0, 0.05) is 21.4 Å². The van der Waals surface area contributed by atoms with E-state index in [1.54, 1.807) is 6.92 Å². The van der Waals surface area contributed by atoms with Gasteiger partial charge in [0.1, 0.15) is 0 Å². The Balaban J connectivity index is 3.58. The molecule has 1 aromatic rings. The first-order valence-electron chi connectivity index (χ1n) is 4.18. The molecule has 0 fully saturated rings. The van der Waals surface area contributed by atoms with Crippen LogP contribution in [0.25, 0.3) is 0 Å². The van der Waals surface area contributed by atoms with Crippen LogP contribution in [-0.2, 0) is 24.5 Å². The molecule has 0 unspecified atom stereocenters. The van der Waals surface area contributed by atoms with Crippen molar-refractivity contribution in [3.63, 3.8) is 0 Å². The Kier molecular flexibility index (Phi) is 3.89. The maximum absolute atomic E-state index is 11.1. The van der Waals surface area contributed by atoms with Gasteiger partial charge in [0.15, 0.2) is 0 Å². The smallest absolute Gasteiger partial charge is 0.207 e. The molecule has 8 heteroatoms. The van der Waals surface area contributed by atoms with Gasteiger partial charge in [0.05, 0.1) is 9.79 Å². The van der Waals surface area contributed by atoms with E-state index in [9.17, 15) is 16.8 Å². The second kappa shape index (κ2) is 4.52. The van der Waals surface area contributed by atoms with Crippen LogP contribution in [0.1, 0.15) is 12.5 Å². The minimum atomic E-state index is -3.97. The highest BCUT2D eigenvalue weighted by Crippen LogP contribution is 2.24. The molecule has 0 N–H and O–H groups in total. The number of aryl methyl sites for hydroxylation is 1. The normalized spacial score (nSPS) is 12.7. The summed E-state index contributed by atoms with van der Waals surface area (Å²) in [5.41, 5.74) is 0.529. The zero-order valence-corrected chi connectivity index (χ0v) is 11.3. The van der Waals surface area contributed by atoms with Gasteiger partial charge in [-0.15, -0.1) is 0 Å². The fraction of sp³-hybridized carbons (Fsp3) is 0.250. The summed E-state index contributed by atoms with van der Waals surface area (Å²) in [5.74, 6) is 0. The Hall–Kier alpha value is -0.300. The van der Waals surface area contributed by atoms with Crippen molar-refractivity contribution in [3.8, 4) is 0 Å². The molecule has 0 atom stereocenters.